The van der Waals surface area contributed by atoms with Gasteiger partial charge in [0.2, 0.25) is 0 Å². The summed E-state index contributed by atoms with van der Waals surface area (Å²) in [5.74, 6) is -0.475. The molecule has 1 heterocycles. The van der Waals surface area contributed by atoms with Gasteiger partial charge in [0.25, 0.3) is 12.9 Å². The second-order valence-corrected chi connectivity index (χ2v) is 6.60. The number of benzene rings is 1. The molecular formula is C16H19NO8S. The Morgan fingerprint density at radius 2 is 2.00 bits per heavy atom. The minimum absolute atomic E-state index is 0.0570. The molecule has 10 heteroatoms. The van der Waals surface area contributed by atoms with Crippen LogP contribution in [0.4, 0.5) is 0 Å². The third-order valence-electron chi connectivity index (χ3n) is 3.65. The first-order valence-electron chi connectivity index (χ1n) is 7.64. The van der Waals surface area contributed by atoms with E-state index in [0.29, 0.717) is 4.90 Å². The van der Waals surface area contributed by atoms with Crippen molar-refractivity contribution in [3.63, 3.8) is 0 Å². The van der Waals surface area contributed by atoms with Crippen LogP contribution in [0.2, 0.25) is 0 Å². The molecule has 1 aromatic rings. The van der Waals surface area contributed by atoms with Crippen molar-refractivity contribution >= 4 is 30.7 Å². The fourth-order valence-corrected chi connectivity index (χ4v) is 3.72. The van der Waals surface area contributed by atoms with Gasteiger partial charge in [0.1, 0.15) is 30.0 Å². The molecule has 0 bridgehead atoms. The first-order chi connectivity index (χ1) is 12.5. The van der Waals surface area contributed by atoms with Crippen LogP contribution in [0.3, 0.4) is 0 Å². The van der Waals surface area contributed by atoms with Gasteiger partial charge in [-0.3, -0.25) is 14.4 Å². The summed E-state index contributed by atoms with van der Waals surface area (Å²) in [5.41, 5.74) is 5.34. The fourth-order valence-electron chi connectivity index (χ4n) is 2.52. The lowest BCUT2D eigenvalue weighted by Gasteiger charge is -2.42. The van der Waals surface area contributed by atoms with Gasteiger partial charge >= 0.3 is 5.97 Å². The highest BCUT2D eigenvalue weighted by molar-refractivity contribution is 7.99. The Kier molecular flexibility index (Phi) is 7.25. The highest BCUT2D eigenvalue weighted by Crippen LogP contribution is 2.35. The molecule has 5 unspecified atom stereocenters. The van der Waals surface area contributed by atoms with Gasteiger partial charge in [-0.25, -0.2) is 0 Å². The third-order valence-corrected chi connectivity index (χ3v) is 4.79. The quantitative estimate of drug-likeness (QED) is 0.362. The Bertz CT molecular complexity index is 642. The lowest BCUT2D eigenvalue weighted by atomic mass is 9.98. The topological polar surface area (TPSA) is 134 Å². The number of phenols is 1. The van der Waals surface area contributed by atoms with Gasteiger partial charge in [-0.15, -0.1) is 0 Å². The van der Waals surface area contributed by atoms with Crippen molar-refractivity contribution in [3.05, 3.63) is 24.3 Å². The molecule has 0 saturated carbocycles. The number of hydrogen-bond donors (Lipinski definition) is 2. The highest BCUT2D eigenvalue weighted by Gasteiger charge is 2.47. The van der Waals surface area contributed by atoms with Crippen molar-refractivity contribution in [1.82, 2.24) is 0 Å². The molecule has 0 aromatic heterocycles. The van der Waals surface area contributed by atoms with E-state index in [1.54, 1.807) is 12.1 Å². The number of esters is 1. The lowest BCUT2D eigenvalue weighted by molar-refractivity contribution is -0.192. The highest BCUT2D eigenvalue weighted by atomic mass is 32.2. The minimum Gasteiger partial charge on any atom is -0.508 e. The molecule has 9 nitrogen and oxygen atoms in total. The molecular weight excluding hydrogens is 366 g/mol. The Balaban J connectivity index is 2.23. The molecule has 1 aromatic carbocycles. The number of phenolic OH excluding ortho intramolecular Hbond substituents is 1. The standard InChI is InChI=1S/C16H19NO8S/c1-9(20)22-6-12-14(23-7-18)13(17)15(24-8-19)16(25-12)26-11-4-2-3-10(21)5-11/h2-5,7-8,12-16,21H,6,17H2,1H3. The van der Waals surface area contributed by atoms with Crippen LogP contribution in [-0.2, 0) is 33.3 Å². The summed E-state index contributed by atoms with van der Waals surface area (Å²) in [6, 6.07) is 5.48. The fraction of sp³-hybridized carbons (Fsp3) is 0.438. The zero-order valence-corrected chi connectivity index (χ0v) is 14.7. The molecule has 1 fully saturated rings. The Morgan fingerprint density at radius 1 is 1.31 bits per heavy atom. The van der Waals surface area contributed by atoms with Gasteiger partial charge in [-0.1, -0.05) is 17.8 Å². The Morgan fingerprint density at radius 3 is 2.62 bits per heavy atom. The normalized spacial score (nSPS) is 28.0. The van der Waals surface area contributed by atoms with Crippen LogP contribution in [0, 0.1) is 0 Å². The van der Waals surface area contributed by atoms with Crippen LogP contribution in [0.5, 0.6) is 5.75 Å². The molecule has 2 rings (SSSR count). The van der Waals surface area contributed by atoms with Crippen molar-refractivity contribution in [1.29, 1.82) is 0 Å². The van der Waals surface area contributed by atoms with E-state index >= 15 is 0 Å². The molecule has 1 aliphatic rings. The Labute approximate surface area is 153 Å². The molecule has 0 aliphatic carbocycles. The second kappa shape index (κ2) is 9.41. The van der Waals surface area contributed by atoms with Crippen molar-refractivity contribution in [3.8, 4) is 5.75 Å². The van der Waals surface area contributed by atoms with Crippen LogP contribution in [0.1, 0.15) is 6.92 Å². The smallest absolute Gasteiger partial charge is 0.302 e. The maximum absolute atomic E-state index is 11.1. The first kappa shape index (κ1) is 20.0. The molecule has 1 saturated heterocycles. The lowest BCUT2D eigenvalue weighted by Crippen LogP contribution is -2.63. The van der Waals surface area contributed by atoms with Gasteiger partial charge in [-0.2, -0.15) is 0 Å². The van der Waals surface area contributed by atoms with E-state index < -0.39 is 35.8 Å². The number of nitrogens with two attached hydrogens (primary N) is 1. The summed E-state index contributed by atoms with van der Waals surface area (Å²) in [6.07, 6.45) is -2.75. The number of carbonyl (C=O) groups is 3. The van der Waals surface area contributed by atoms with E-state index in [9.17, 15) is 19.5 Å². The zero-order valence-electron chi connectivity index (χ0n) is 13.8. The average Bonchev–Trinajstić information content (AvgIpc) is 2.59. The molecule has 1 aliphatic heterocycles. The summed E-state index contributed by atoms with van der Waals surface area (Å²) in [5, 5.41) is 9.59. The molecule has 0 amide bonds. The molecule has 26 heavy (non-hydrogen) atoms. The number of thioether (sulfide) groups is 1. The molecule has 142 valence electrons. The maximum Gasteiger partial charge on any atom is 0.302 e. The number of rotatable bonds is 8. The van der Waals surface area contributed by atoms with Gasteiger partial charge in [0, 0.05) is 11.8 Å². The van der Waals surface area contributed by atoms with Crippen LogP contribution >= 0.6 is 11.8 Å². The minimum atomic E-state index is -0.974. The molecule has 0 radical (unpaired) electrons. The van der Waals surface area contributed by atoms with Crippen molar-refractivity contribution in [2.24, 2.45) is 5.73 Å². The van der Waals surface area contributed by atoms with Crippen molar-refractivity contribution in [2.45, 2.75) is 41.6 Å². The van der Waals surface area contributed by atoms with Gasteiger partial charge in [0.05, 0.1) is 6.04 Å². The van der Waals surface area contributed by atoms with Crippen LogP contribution in [0.15, 0.2) is 29.2 Å². The predicted octanol–water partition coefficient (Wildman–Crippen LogP) is 0.183. The number of hydrogen-bond acceptors (Lipinski definition) is 10. The number of aromatic hydroxyl groups is 1. The second-order valence-electron chi connectivity index (χ2n) is 5.43. The Hall–Kier alpha value is -2.30. The summed E-state index contributed by atoms with van der Waals surface area (Å²) < 4.78 is 20.8. The molecule has 3 N–H and O–H groups in total. The SMILES string of the molecule is CC(=O)OCC1OC(Sc2cccc(O)c2)C(OC=O)C(N)C1OC=O. The van der Waals surface area contributed by atoms with E-state index in [-0.39, 0.29) is 25.3 Å². The molecule has 5 atom stereocenters. The number of carbonyl (C=O) groups excluding carboxylic acids is 3. The molecule has 0 spiro atoms. The van der Waals surface area contributed by atoms with Gasteiger partial charge in [0.15, 0.2) is 6.10 Å². The largest absolute Gasteiger partial charge is 0.508 e. The van der Waals surface area contributed by atoms with Crippen LogP contribution in [-0.4, -0.2) is 60.4 Å². The monoisotopic (exact) mass is 385 g/mol. The summed E-state index contributed by atoms with van der Waals surface area (Å²) in [4.78, 5) is 33.4. The van der Waals surface area contributed by atoms with Gasteiger partial charge in [-0.05, 0) is 18.2 Å². The number of ether oxygens (including phenoxy) is 4. The van der Waals surface area contributed by atoms with E-state index in [0.717, 1.165) is 11.8 Å². The van der Waals surface area contributed by atoms with E-state index in [4.69, 9.17) is 24.7 Å². The maximum atomic E-state index is 11.1. The average molecular weight is 385 g/mol. The van der Waals surface area contributed by atoms with Gasteiger partial charge < -0.3 is 29.8 Å². The first-order valence-corrected chi connectivity index (χ1v) is 8.52. The summed E-state index contributed by atoms with van der Waals surface area (Å²) in [6.45, 7) is 1.48. The van der Waals surface area contributed by atoms with E-state index in [1.807, 2.05) is 0 Å². The van der Waals surface area contributed by atoms with E-state index in [1.165, 1.54) is 19.1 Å². The van der Waals surface area contributed by atoms with Crippen molar-refractivity contribution < 1.29 is 38.4 Å². The summed E-state index contributed by atoms with van der Waals surface area (Å²) >= 11 is 1.16. The van der Waals surface area contributed by atoms with Crippen LogP contribution in [0.25, 0.3) is 0 Å². The summed E-state index contributed by atoms with van der Waals surface area (Å²) in [7, 11) is 0. The predicted molar refractivity (Wildman–Crippen MR) is 89.1 cm³/mol. The zero-order chi connectivity index (χ0) is 19.1. The van der Waals surface area contributed by atoms with Crippen molar-refractivity contribution in [2.75, 3.05) is 6.61 Å². The third kappa shape index (κ3) is 5.10. The van der Waals surface area contributed by atoms with Crippen LogP contribution < -0.4 is 5.73 Å². The van der Waals surface area contributed by atoms with E-state index in [2.05, 4.69) is 0 Å².